The summed E-state index contributed by atoms with van der Waals surface area (Å²) < 4.78 is 35.7. The highest BCUT2D eigenvalue weighted by Crippen LogP contribution is 2.48. The average Bonchev–Trinajstić information content (AvgIpc) is 3.09. The van der Waals surface area contributed by atoms with E-state index in [1.54, 1.807) is 62.4 Å². The van der Waals surface area contributed by atoms with Gasteiger partial charge in [0.2, 0.25) is 5.60 Å². The average molecular weight is 504 g/mol. The highest BCUT2D eigenvalue weighted by atomic mass is 31.2. The van der Waals surface area contributed by atoms with E-state index in [4.69, 9.17) is 18.5 Å². The Labute approximate surface area is 204 Å². The Bertz CT molecular complexity index is 1080. The summed E-state index contributed by atoms with van der Waals surface area (Å²) in [5.74, 6) is -0.513. The van der Waals surface area contributed by atoms with E-state index in [0.717, 1.165) is 0 Å². The molecule has 6 atom stereocenters. The number of benzene rings is 2. The van der Waals surface area contributed by atoms with Crippen LogP contribution in [0.15, 0.2) is 60.7 Å². The van der Waals surface area contributed by atoms with Crippen molar-refractivity contribution >= 4 is 13.7 Å². The fourth-order valence-corrected chi connectivity index (χ4v) is 5.00. The summed E-state index contributed by atoms with van der Waals surface area (Å²) in [4.78, 5) is 12.3. The zero-order valence-corrected chi connectivity index (χ0v) is 20.5. The van der Waals surface area contributed by atoms with E-state index in [1.807, 2.05) is 6.07 Å². The van der Waals surface area contributed by atoms with Crippen LogP contribution in [-0.2, 0) is 23.4 Å². The lowest BCUT2D eigenvalue weighted by Gasteiger charge is -2.28. The second-order valence-corrected chi connectivity index (χ2v) is 10.1. The number of para-hydroxylation sites is 1. The van der Waals surface area contributed by atoms with Crippen LogP contribution in [0, 0.1) is 11.3 Å². The van der Waals surface area contributed by atoms with E-state index in [1.165, 1.54) is 19.1 Å². The molecule has 2 aromatic rings. The van der Waals surface area contributed by atoms with E-state index in [-0.39, 0.29) is 5.75 Å². The van der Waals surface area contributed by atoms with E-state index in [9.17, 15) is 24.8 Å². The molecule has 1 fully saturated rings. The molecule has 10 nitrogen and oxygen atoms in total. The second kappa shape index (κ2) is 11.3. The van der Waals surface area contributed by atoms with Crippen molar-refractivity contribution in [2.45, 2.75) is 56.8 Å². The van der Waals surface area contributed by atoms with Gasteiger partial charge in [-0.05, 0) is 38.5 Å². The molecule has 3 N–H and O–H groups in total. The summed E-state index contributed by atoms with van der Waals surface area (Å²) in [6, 6.07) is 17.4. The molecule has 3 rings (SSSR count). The van der Waals surface area contributed by atoms with Gasteiger partial charge in [0.1, 0.15) is 42.8 Å². The summed E-state index contributed by atoms with van der Waals surface area (Å²) in [7, 11) is -4.32. The van der Waals surface area contributed by atoms with Gasteiger partial charge < -0.3 is 24.2 Å². The Morgan fingerprint density at radius 3 is 2.31 bits per heavy atom. The molecule has 0 saturated carbocycles. The van der Waals surface area contributed by atoms with Gasteiger partial charge in [0.15, 0.2) is 0 Å². The van der Waals surface area contributed by atoms with Gasteiger partial charge in [-0.2, -0.15) is 10.3 Å². The van der Waals surface area contributed by atoms with Gasteiger partial charge >= 0.3 is 13.7 Å². The molecule has 0 bridgehead atoms. The molecule has 188 valence electrons. The van der Waals surface area contributed by atoms with E-state index in [0.29, 0.717) is 5.56 Å². The first kappa shape index (κ1) is 26.8. The highest BCUT2D eigenvalue weighted by molar-refractivity contribution is 7.52. The number of nitriles is 1. The third-order valence-corrected chi connectivity index (χ3v) is 6.86. The molecule has 2 unspecified atom stereocenters. The minimum atomic E-state index is -4.32. The van der Waals surface area contributed by atoms with Crippen LogP contribution in [0.4, 0.5) is 0 Å². The monoisotopic (exact) mass is 504 g/mol. The Morgan fingerprint density at radius 1 is 1.14 bits per heavy atom. The van der Waals surface area contributed by atoms with E-state index >= 15 is 0 Å². The summed E-state index contributed by atoms with van der Waals surface area (Å²) in [5.41, 5.74) is -1.51. The van der Waals surface area contributed by atoms with Crippen molar-refractivity contribution in [1.82, 2.24) is 5.09 Å². The first-order valence-electron chi connectivity index (χ1n) is 11.1. The number of ether oxygens (including phenoxy) is 2. The maximum absolute atomic E-state index is 13.7. The van der Waals surface area contributed by atoms with Crippen LogP contribution in [0.5, 0.6) is 5.75 Å². The molecule has 0 spiro atoms. The number of hydrogen-bond donors (Lipinski definition) is 3. The number of aliphatic hydroxyl groups is 2. The van der Waals surface area contributed by atoms with Gasteiger partial charge in [-0.1, -0.05) is 48.5 Å². The summed E-state index contributed by atoms with van der Waals surface area (Å²) in [6.07, 6.45) is -4.53. The van der Waals surface area contributed by atoms with Crippen LogP contribution in [-0.4, -0.2) is 52.7 Å². The minimum absolute atomic E-state index is 0.175. The molecule has 0 aromatic heterocycles. The van der Waals surface area contributed by atoms with Gasteiger partial charge in [-0.3, -0.25) is 9.32 Å². The van der Waals surface area contributed by atoms with Crippen LogP contribution in [0.1, 0.15) is 32.4 Å². The number of hydrogen-bond acceptors (Lipinski definition) is 9. The molecule has 0 radical (unpaired) electrons. The fraction of sp³-hybridized carbons (Fsp3) is 0.417. The molecular formula is C24H29N2O8P. The Balaban J connectivity index is 1.82. The zero-order chi connectivity index (χ0) is 25.6. The smallest absolute Gasteiger partial charge is 0.459 e. The quantitative estimate of drug-likeness (QED) is 0.326. The third kappa shape index (κ3) is 6.47. The summed E-state index contributed by atoms with van der Waals surface area (Å²) in [5, 5.41) is 33.7. The normalized spacial score (nSPS) is 26.5. The predicted molar refractivity (Wildman–Crippen MR) is 125 cm³/mol. The molecule has 11 heteroatoms. The Kier molecular flexibility index (Phi) is 8.67. The number of esters is 1. The lowest BCUT2D eigenvalue weighted by atomic mass is 9.95. The number of rotatable bonds is 10. The molecule has 35 heavy (non-hydrogen) atoms. The Morgan fingerprint density at radius 2 is 1.74 bits per heavy atom. The predicted octanol–water partition coefficient (Wildman–Crippen LogP) is 2.88. The van der Waals surface area contributed by atoms with Gasteiger partial charge in [0, 0.05) is 0 Å². The van der Waals surface area contributed by atoms with Crippen LogP contribution in [0.25, 0.3) is 0 Å². The molecule has 0 amide bonds. The standard InChI is InChI=1S/C24H29N2O8P/c1-16(2)32-23(29)17(3)26-35(30,34-19-12-8-5-9-13-19)31-15-24(14-25)22(28)20(27)21(33-24)18-10-6-4-7-11-18/h4-13,16-17,20-22,27-28H,15H2,1-3H3,(H,26,30)/t17-,20-,21?,22-,24?,35-/m0/s1. The Hall–Kier alpha value is -2.77. The highest BCUT2D eigenvalue weighted by Gasteiger charge is 2.56. The third-order valence-electron chi connectivity index (χ3n) is 5.24. The molecule has 0 aliphatic carbocycles. The maximum Gasteiger partial charge on any atom is 0.459 e. The van der Waals surface area contributed by atoms with E-state index < -0.39 is 56.4 Å². The van der Waals surface area contributed by atoms with Crippen LogP contribution in [0.2, 0.25) is 0 Å². The fourth-order valence-electron chi connectivity index (χ4n) is 3.47. The number of nitrogens with one attached hydrogen (secondary N) is 1. The second-order valence-electron chi connectivity index (χ2n) is 8.40. The van der Waals surface area contributed by atoms with Crippen molar-refractivity contribution in [1.29, 1.82) is 5.26 Å². The largest absolute Gasteiger partial charge is 0.462 e. The molecule has 1 aliphatic heterocycles. The van der Waals surface area contributed by atoms with Gasteiger partial charge in [-0.25, -0.2) is 4.57 Å². The topological polar surface area (TPSA) is 147 Å². The van der Waals surface area contributed by atoms with Crippen molar-refractivity contribution in [3.8, 4) is 11.8 Å². The first-order valence-corrected chi connectivity index (χ1v) is 12.6. The lowest BCUT2D eigenvalue weighted by molar-refractivity contribution is -0.149. The van der Waals surface area contributed by atoms with Crippen LogP contribution >= 0.6 is 7.75 Å². The lowest BCUT2D eigenvalue weighted by Crippen LogP contribution is -2.46. The first-order chi connectivity index (χ1) is 16.6. The number of aliphatic hydroxyl groups excluding tert-OH is 2. The van der Waals surface area contributed by atoms with Crippen LogP contribution in [0.3, 0.4) is 0 Å². The summed E-state index contributed by atoms with van der Waals surface area (Å²) in [6.45, 7) is 4.04. The van der Waals surface area contributed by atoms with Crippen molar-refractivity contribution in [3.05, 3.63) is 66.2 Å². The minimum Gasteiger partial charge on any atom is -0.462 e. The maximum atomic E-state index is 13.7. The molecule has 1 heterocycles. The number of carbonyl (C=O) groups is 1. The van der Waals surface area contributed by atoms with Crippen LogP contribution < -0.4 is 9.61 Å². The molecular weight excluding hydrogens is 475 g/mol. The van der Waals surface area contributed by atoms with Crippen molar-refractivity contribution in [2.24, 2.45) is 0 Å². The number of nitrogens with zero attached hydrogens (tertiary/aromatic N) is 1. The molecule has 1 aliphatic rings. The van der Waals surface area contributed by atoms with Crippen molar-refractivity contribution in [3.63, 3.8) is 0 Å². The summed E-state index contributed by atoms with van der Waals surface area (Å²) >= 11 is 0. The van der Waals surface area contributed by atoms with Gasteiger partial charge in [0.25, 0.3) is 0 Å². The van der Waals surface area contributed by atoms with Gasteiger partial charge in [0.05, 0.1) is 6.10 Å². The van der Waals surface area contributed by atoms with E-state index in [2.05, 4.69) is 5.09 Å². The van der Waals surface area contributed by atoms with Crippen molar-refractivity contribution < 1.29 is 38.1 Å². The number of carbonyl (C=O) groups excluding carboxylic acids is 1. The molecule has 2 aromatic carbocycles. The zero-order valence-electron chi connectivity index (χ0n) is 19.6. The van der Waals surface area contributed by atoms with Crippen molar-refractivity contribution in [2.75, 3.05) is 6.61 Å². The van der Waals surface area contributed by atoms with Gasteiger partial charge in [-0.15, -0.1) is 0 Å². The molecule has 1 saturated heterocycles. The SMILES string of the molecule is CC(C)OC(=O)[C@H](C)N[P@](=O)(OCC1(C#N)OC(c2ccccc2)[C@H](O)[C@@H]1O)Oc1ccccc1.